The standard InChI is InChI=1S/C25H19Cl2NO4/c1-2-32-18-11-9-17(10-12-18)28-22(15-6-4-3-5-7-15)21(24(30)25(28)31)23(29)16-8-13-19(26)20(27)14-16/h3-14,22,29H,2H2,1H3/b23-21-. The number of Topliss-reactive ketones (excluding diaryl/α,β-unsaturated/α-hetero) is 1. The Labute approximate surface area is 195 Å². The molecule has 7 heteroatoms. The van der Waals surface area contributed by atoms with Gasteiger partial charge in [0.05, 0.1) is 28.3 Å². The van der Waals surface area contributed by atoms with E-state index in [0.29, 0.717) is 34.2 Å². The van der Waals surface area contributed by atoms with Crippen molar-refractivity contribution in [2.75, 3.05) is 11.5 Å². The lowest BCUT2D eigenvalue weighted by Gasteiger charge is -2.25. The highest BCUT2D eigenvalue weighted by Crippen LogP contribution is 2.42. The highest BCUT2D eigenvalue weighted by atomic mass is 35.5. The van der Waals surface area contributed by atoms with Crippen LogP contribution in [0.15, 0.2) is 78.4 Å². The summed E-state index contributed by atoms with van der Waals surface area (Å²) in [6, 6.07) is 19.7. The summed E-state index contributed by atoms with van der Waals surface area (Å²) in [7, 11) is 0. The molecular formula is C25H19Cl2NO4. The predicted molar refractivity (Wildman–Crippen MR) is 125 cm³/mol. The van der Waals surface area contributed by atoms with E-state index < -0.39 is 17.7 Å². The zero-order chi connectivity index (χ0) is 22.8. The van der Waals surface area contributed by atoms with Crippen LogP contribution in [0.1, 0.15) is 24.1 Å². The van der Waals surface area contributed by atoms with E-state index in [0.717, 1.165) is 0 Å². The van der Waals surface area contributed by atoms with E-state index in [-0.39, 0.29) is 16.4 Å². The third-order valence-electron chi connectivity index (χ3n) is 5.18. The van der Waals surface area contributed by atoms with Crippen LogP contribution in [0.2, 0.25) is 10.0 Å². The Bertz CT molecular complexity index is 1210. The molecule has 0 saturated carbocycles. The van der Waals surface area contributed by atoms with Gasteiger partial charge in [0.2, 0.25) is 0 Å². The fourth-order valence-electron chi connectivity index (χ4n) is 3.72. The minimum atomic E-state index is -0.816. The van der Waals surface area contributed by atoms with Gasteiger partial charge in [-0.2, -0.15) is 0 Å². The lowest BCUT2D eigenvalue weighted by Crippen LogP contribution is -2.29. The summed E-state index contributed by atoms with van der Waals surface area (Å²) < 4.78 is 5.48. The first-order chi connectivity index (χ1) is 15.4. The zero-order valence-corrected chi connectivity index (χ0v) is 18.6. The molecule has 4 rings (SSSR count). The van der Waals surface area contributed by atoms with Crippen LogP contribution >= 0.6 is 23.2 Å². The number of amides is 1. The monoisotopic (exact) mass is 467 g/mol. The summed E-state index contributed by atoms with van der Waals surface area (Å²) in [5, 5.41) is 11.6. The molecule has 1 fully saturated rings. The largest absolute Gasteiger partial charge is 0.507 e. The number of benzene rings is 3. The van der Waals surface area contributed by atoms with Crippen LogP contribution in [0.3, 0.4) is 0 Å². The minimum Gasteiger partial charge on any atom is -0.507 e. The molecule has 162 valence electrons. The summed E-state index contributed by atoms with van der Waals surface area (Å²) in [4.78, 5) is 27.6. The van der Waals surface area contributed by atoms with Crippen molar-refractivity contribution in [2.24, 2.45) is 0 Å². The number of aliphatic hydroxyl groups is 1. The van der Waals surface area contributed by atoms with Gasteiger partial charge in [0.1, 0.15) is 11.5 Å². The second kappa shape index (κ2) is 9.07. The number of rotatable bonds is 5. The number of anilines is 1. The number of nitrogens with zero attached hydrogens (tertiary/aromatic N) is 1. The molecule has 0 aromatic heterocycles. The molecule has 1 heterocycles. The van der Waals surface area contributed by atoms with Crippen LogP contribution in [0, 0.1) is 0 Å². The van der Waals surface area contributed by atoms with Crippen molar-refractivity contribution in [3.63, 3.8) is 0 Å². The van der Waals surface area contributed by atoms with Crippen LogP contribution in [-0.4, -0.2) is 23.4 Å². The summed E-state index contributed by atoms with van der Waals surface area (Å²) in [5.74, 6) is -1.18. The first-order valence-corrected chi connectivity index (χ1v) is 10.7. The molecule has 1 aliphatic rings. The maximum atomic E-state index is 13.1. The highest BCUT2D eigenvalue weighted by Gasteiger charge is 2.46. The second-order valence-electron chi connectivity index (χ2n) is 7.14. The van der Waals surface area contributed by atoms with Crippen LogP contribution in [0.4, 0.5) is 5.69 Å². The average molecular weight is 468 g/mol. The first kappa shape index (κ1) is 21.9. The molecule has 3 aromatic rings. The number of ether oxygens (including phenoxy) is 1. The van der Waals surface area contributed by atoms with Crippen LogP contribution < -0.4 is 9.64 Å². The van der Waals surface area contributed by atoms with Crippen molar-refractivity contribution in [1.82, 2.24) is 0 Å². The van der Waals surface area contributed by atoms with Gasteiger partial charge in [0, 0.05) is 11.3 Å². The third-order valence-corrected chi connectivity index (χ3v) is 5.92. The minimum absolute atomic E-state index is 0.0199. The van der Waals surface area contributed by atoms with E-state index in [1.807, 2.05) is 25.1 Å². The predicted octanol–water partition coefficient (Wildman–Crippen LogP) is 6.02. The lowest BCUT2D eigenvalue weighted by atomic mass is 9.95. The van der Waals surface area contributed by atoms with E-state index in [1.165, 1.54) is 17.0 Å². The van der Waals surface area contributed by atoms with Gasteiger partial charge in [0.15, 0.2) is 0 Å². The number of ketones is 1. The molecule has 0 aliphatic carbocycles. The van der Waals surface area contributed by atoms with E-state index in [9.17, 15) is 14.7 Å². The van der Waals surface area contributed by atoms with Crippen LogP contribution in [0.5, 0.6) is 5.75 Å². The molecule has 1 aliphatic heterocycles. The van der Waals surface area contributed by atoms with Crippen molar-refractivity contribution >= 4 is 46.3 Å². The zero-order valence-electron chi connectivity index (χ0n) is 17.1. The maximum absolute atomic E-state index is 13.1. The van der Waals surface area contributed by atoms with E-state index >= 15 is 0 Å². The lowest BCUT2D eigenvalue weighted by molar-refractivity contribution is -0.132. The third kappa shape index (κ3) is 3.97. The van der Waals surface area contributed by atoms with E-state index in [1.54, 1.807) is 42.5 Å². The summed E-state index contributed by atoms with van der Waals surface area (Å²) in [6.45, 7) is 2.39. The number of carbonyl (C=O) groups excluding carboxylic acids is 2. The molecule has 1 saturated heterocycles. The molecule has 5 nitrogen and oxygen atoms in total. The Hall–Kier alpha value is -3.28. The van der Waals surface area contributed by atoms with Crippen molar-refractivity contribution < 1.29 is 19.4 Å². The Kier molecular flexibility index (Phi) is 6.21. The molecule has 0 radical (unpaired) electrons. The molecule has 1 unspecified atom stereocenters. The molecule has 0 spiro atoms. The van der Waals surface area contributed by atoms with E-state index in [2.05, 4.69) is 0 Å². The molecule has 1 amide bonds. The number of carbonyl (C=O) groups is 2. The second-order valence-corrected chi connectivity index (χ2v) is 7.95. The van der Waals surface area contributed by atoms with Crippen LogP contribution in [-0.2, 0) is 9.59 Å². The van der Waals surface area contributed by atoms with Gasteiger partial charge in [-0.3, -0.25) is 14.5 Å². The smallest absolute Gasteiger partial charge is 0.300 e. The van der Waals surface area contributed by atoms with Gasteiger partial charge < -0.3 is 9.84 Å². The molecule has 0 bridgehead atoms. The molecule has 1 atom stereocenters. The SMILES string of the molecule is CCOc1ccc(N2C(=O)C(=O)/C(=C(\O)c3ccc(Cl)c(Cl)c3)C2c2ccccc2)cc1. The molecule has 3 aromatic carbocycles. The fraction of sp³-hybridized carbons (Fsp3) is 0.120. The maximum Gasteiger partial charge on any atom is 0.300 e. The van der Waals surface area contributed by atoms with E-state index in [4.69, 9.17) is 27.9 Å². The summed E-state index contributed by atoms with van der Waals surface area (Å²) in [6.07, 6.45) is 0. The molecular weight excluding hydrogens is 449 g/mol. The quantitative estimate of drug-likeness (QED) is 0.283. The first-order valence-electron chi connectivity index (χ1n) is 9.96. The van der Waals surface area contributed by atoms with Gasteiger partial charge in [0.25, 0.3) is 11.7 Å². The summed E-state index contributed by atoms with van der Waals surface area (Å²) >= 11 is 12.1. The average Bonchev–Trinajstić information content (AvgIpc) is 3.07. The molecule has 32 heavy (non-hydrogen) atoms. The summed E-state index contributed by atoms with van der Waals surface area (Å²) in [5.41, 5.74) is 1.47. The highest BCUT2D eigenvalue weighted by molar-refractivity contribution is 6.51. The topological polar surface area (TPSA) is 66.8 Å². The van der Waals surface area contributed by atoms with Gasteiger partial charge in [-0.25, -0.2) is 0 Å². The Morgan fingerprint density at radius 2 is 1.66 bits per heavy atom. The number of halogens is 2. The number of aliphatic hydroxyl groups excluding tert-OH is 1. The van der Waals surface area contributed by atoms with Crippen molar-refractivity contribution in [2.45, 2.75) is 13.0 Å². The Balaban J connectivity index is 1.88. The van der Waals surface area contributed by atoms with Gasteiger partial charge in [-0.15, -0.1) is 0 Å². The Morgan fingerprint density at radius 3 is 2.28 bits per heavy atom. The van der Waals surface area contributed by atoms with Crippen molar-refractivity contribution in [3.8, 4) is 5.75 Å². The molecule has 1 N–H and O–H groups in total. The van der Waals surface area contributed by atoms with Crippen molar-refractivity contribution in [1.29, 1.82) is 0 Å². The number of hydrogen-bond donors (Lipinski definition) is 1. The van der Waals surface area contributed by atoms with Gasteiger partial charge in [-0.05, 0) is 55.0 Å². The van der Waals surface area contributed by atoms with Crippen LogP contribution in [0.25, 0.3) is 5.76 Å². The fourth-order valence-corrected chi connectivity index (χ4v) is 4.02. The van der Waals surface area contributed by atoms with Crippen molar-refractivity contribution in [3.05, 3.63) is 99.5 Å². The Morgan fingerprint density at radius 1 is 0.969 bits per heavy atom. The number of hydrogen-bond acceptors (Lipinski definition) is 4. The normalized spacial score (nSPS) is 17.6. The van der Waals surface area contributed by atoms with Gasteiger partial charge in [-0.1, -0.05) is 53.5 Å². The van der Waals surface area contributed by atoms with Gasteiger partial charge >= 0.3 is 0 Å².